The van der Waals surface area contributed by atoms with Gasteiger partial charge in [0.15, 0.2) is 16.9 Å². The van der Waals surface area contributed by atoms with E-state index in [-0.39, 0.29) is 39.5 Å². The number of benzene rings is 2. The smallest absolute Gasteiger partial charge is 0.197 e. The van der Waals surface area contributed by atoms with Crippen LogP contribution in [0.4, 0.5) is 0 Å². The van der Waals surface area contributed by atoms with E-state index in [2.05, 4.69) is 0 Å². The number of fused-ring (bicyclic) bond motifs is 1. The summed E-state index contributed by atoms with van der Waals surface area (Å²) in [5, 5.41) is 104. The summed E-state index contributed by atoms with van der Waals surface area (Å²) in [5.41, 5.74) is -1.55. The topological polar surface area (TPSA) is 260 Å². The van der Waals surface area contributed by atoms with E-state index in [1.165, 1.54) is 25.3 Å². The predicted molar refractivity (Wildman–Crippen MR) is 143 cm³/mol. The van der Waals surface area contributed by atoms with Crippen LogP contribution >= 0.6 is 0 Å². The van der Waals surface area contributed by atoms with Crippen LogP contribution in [0.5, 0.6) is 17.2 Å². The second-order valence-corrected chi connectivity index (χ2v) is 10.5. The summed E-state index contributed by atoms with van der Waals surface area (Å²) >= 11 is 0. The molecule has 234 valence electrons. The van der Waals surface area contributed by atoms with Gasteiger partial charge in [0.2, 0.25) is 0 Å². The first-order chi connectivity index (χ1) is 20.4. The highest BCUT2D eigenvalue weighted by molar-refractivity contribution is 5.89. The molecule has 0 radical (unpaired) electrons. The Morgan fingerprint density at radius 1 is 0.744 bits per heavy atom. The lowest BCUT2D eigenvalue weighted by Gasteiger charge is -2.42. The minimum Gasteiger partial charge on any atom is -0.507 e. The Bertz CT molecular complexity index is 1530. The van der Waals surface area contributed by atoms with Gasteiger partial charge in [-0.1, -0.05) is 0 Å². The molecular formula is C28H32O15. The van der Waals surface area contributed by atoms with Crippen molar-refractivity contribution in [3.63, 3.8) is 0 Å². The first kappa shape index (κ1) is 31.1. The lowest BCUT2D eigenvalue weighted by atomic mass is 9.86. The third kappa shape index (κ3) is 5.23. The molecule has 0 amide bonds. The molecule has 5 rings (SSSR count). The fourth-order valence-electron chi connectivity index (χ4n) is 5.50. The van der Waals surface area contributed by atoms with Gasteiger partial charge in [0, 0.05) is 22.8 Å². The van der Waals surface area contributed by atoms with Gasteiger partial charge in [0.25, 0.3) is 0 Å². The molecule has 15 heteroatoms. The number of hydrogen-bond donors (Lipinski definition) is 10. The zero-order chi connectivity index (χ0) is 31.3. The molecule has 2 aromatic carbocycles. The molecule has 10 atom stereocenters. The van der Waals surface area contributed by atoms with Crippen LogP contribution < -0.4 is 10.2 Å². The summed E-state index contributed by atoms with van der Waals surface area (Å²) in [5.74, 6) is -1.03. The SMILES string of the molecule is COc1ccc(-c2cc(=O)c3c(O)c([C@@H]4O[C@H](CO)[C@@H](O)[C@H](O)[C@H]4O)cc([C@H]4O[C@H](CO)[C@@H](O)[C@H](O)[C@H]4O)c3o2)cc1O. The molecule has 0 spiro atoms. The summed E-state index contributed by atoms with van der Waals surface area (Å²) < 4.78 is 22.3. The van der Waals surface area contributed by atoms with Gasteiger partial charge in [0.05, 0.1) is 20.3 Å². The number of ether oxygens (including phenoxy) is 3. The molecule has 2 aliphatic heterocycles. The second-order valence-electron chi connectivity index (χ2n) is 10.5. The Morgan fingerprint density at radius 3 is 1.81 bits per heavy atom. The number of methoxy groups -OCH3 is 1. The van der Waals surface area contributed by atoms with Crippen LogP contribution in [-0.2, 0) is 9.47 Å². The molecule has 0 bridgehead atoms. The van der Waals surface area contributed by atoms with Crippen LogP contribution in [0.15, 0.2) is 39.5 Å². The quantitative estimate of drug-likeness (QED) is 0.144. The zero-order valence-electron chi connectivity index (χ0n) is 22.6. The van der Waals surface area contributed by atoms with Crippen molar-refractivity contribution in [1.82, 2.24) is 0 Å². The highest BCUT2D eigenvalue weighted by atomic mass is 16.6. The molecule has 3 heterocycles. The van der Waals surface area contributed by atoms with Crippen molar-refractivity contribution in [3.8, 4) is 28.6 Å². The van der Waals surface area contributed by atoms with E-state index in [0.29, 0.717) is 0 Å². The molecule has 0 unspecified atom stereocenters. The zero-order valence-corrected chi connectivity index (χ0v) is 22.6. The number of aliphatic hydroxyl groups excluding tert-OH is 8. The molecular weight excluding hydrogens is 576 g/mol. The van der Waals surface area contributed by atoms with Crippen LogP contribution in [0.3, 0.4) is 0 Å². The summed E-state index contributed by atoms with van der Waals surface area (Å²) in [4.78, 5) is 13.5. The van der Waals surface area contributed by atoms with Crippen LogP contribution in [0.2, 0.25) is 0 Å². The monoisotopic (exact) mass is 608 g/mol. The third-order valence-electron chi connectivity index (χ3n) is 7.89. The molecule has 2 saturated heterocycles. The average molecular weight is 609 g/mol. The van der Waals surface area contributed by atoms with Crippen LogP contribution in [0.25, 0.3) is 22.3 Å². The van der Waals surface area contributed by atoms with E-state index in [4.69, 9.17) is 18.6 Å². The van der Waals surface area contributed by atoms with Crippen molar-refractivity contribution in [3.05, 3.63) is 51.7 Å². The number of phenols is 2. The van der Waals surface area contributed by atoms with Gasteiger partial charge in [-0.3, -0.25) is 4.79 Å². The van der Waals surface area contributed by atoms with E-state index < -0.39 is 90.8 Å². The van der Waals surface area contributed by atoms with Crippen molar-refractivity contribution in [2.24, 2.45) is 0 Å². The minimum atomic E-state index is -1.88. The number of rotatable bonds is 6. The lowest BCUT2D eigenvalue weighted by Crippen LogP contribution is -2.55. The number of aliphatic hydroxyl groups is 8. The predicted octanol–water partition coefficient (Wildman–Crippen LogP) is -2.09. The molecule has 15 nitrogen and oxygen atoms in total. The van der Waals surface area contributed by atoms with Gasteiger partial charge in [-0.25, -0.2) is 0 Å². The summed E-state index contributed by atoms with van der Waals surface area (Å²) in [6.07, 6.45) is -16.9. The molecule has 2 aliphatic rings. The van der Waals surface area contributed by atoms with Gasteiger partial charge in [-0.2, -0.15) is 0 Å². The molecule has 3 aromatic rings. The third-order valence-corrected chi connectivity index (χ3v) is 7.89. The van der Waals surface area contributed by atoms with E-state index >= 15 is 0 Å². The fourth-order valence-corrected chi connectivity index (χ4v) is 5.50. The van der Waals surface area contributed by atoms with E-state index in [0.717, 1.165) is 12.1 Å². The van der Waals surface area contributed by atoms with Gasteiger partial charge < -0.3 is 69.7 Å². The van der Waals surface area contributed by atoms with Crippen molar-refractivity contribution < 1.29 is 69.7 Å². The average Bonchev–Trinajstić information content (AvgIpc) is 2.99. The minimum absolute atomic E-state index is 0.110. The van der Waals surface area contributed by atoms with E-state index in [1.54, 1.807) is 0 Å². The fraction of sp³-hybridized carbons (Fsp3) is 0.464. The maximum absolute atomic E-state index is 13.5. The van der Waals surface area contributed by atoms with Gasteiger partial charge in [-0.15, -0.1) is 0 Å². The normalized spacial score (nSPS) is 33.0. The Kier molecular flexibility index (Phi) is 8.65. The van der Waals surface area contributed by atoms with Crippen LogP contribution in [0.1, 0.15) is 23.3 Å². The Labute approximate surface area is 242 Å². The van der Waals surface area contributed by atoms with Crippen molar-refractivity contribution in [2.75, 3.05) is 20.3 Å². The number of phenolic OH excluding ortho intramolecular Hbond substituents is 2. The molecule has 0 aliphatic carbocycles. The Morgan fingerprint density at radius 2 is 1.30 bits per heavy atom. The maximum Gasteiger partial charge on any atom is 0.197 e. The van der Waals surface area contributed by atoms with Crippen LogP contribution in [0, 0.1) is 0 Å². The highest BCUT2D eigenvalue weighted by Gasteiger charge is 2.48. The molecule has 2 fully saturated rings. The van der Waals surface area contributed by atoms with E-state index in [1.807, 2.05) is 0 Å². The molecule has 0 saturated carbocycles. The summed E-state index contributed by atoms with van der Waals surface area (Å²) in [6.45, 7) is -1.56. The largest absolute Gasteiger partial charge is 0.507 e. The highest BCUT2D eigenvalue weighted by Crippen LogP contribution is 2.45. The molecule has 10 N–H and O–H groups in total. The number of hydrogen-bond acceptors (Lipinski definition) is 15. The Hall–Kier alpha value is -3.35. The van der Waals surface area contributed by atoms with Crippen molar-refractivity contribution in [2.45, 2.75) is 61.0 Å². The van der Waals surface area contributed by atoms with Gasteiger partial charge in [-0.05, 0) is 24.3 Å². The Balaban J connectivity index is 1.77. The summed E-state index contributed by atoms with van der Waals surface area (Å²) in [7, 11) is 1.34. The first-order valence-corrected chi connectivity index (χ1v) is 13.2. The molecule has 43 heavy (non-hydrogen) atoms. The standard InChI is InChI=1S/C28H32O15/c1-40-14-3-2-9(4-12(14)31)15-6-13(32)18-19(33)10(27-24(38)22(36)20(34)16(7-29)42-27)5-11(26(18)41-15)28-25(39)23(37)21(35)17(8-30)43-28/h2-6,16-17,20-25,27-31,33-39H,7-8H2,1H3/t16-,17-,20-,21-,22+,23+,24-,25-,27+,28-/m1/s1. The van der Waals surface area contributed by atoms with Gasteiger partial charge in [0.1, 0.15) is 83.5 Å². The van der Waals surface area contributed by atoms with E-state index in [9.17, 15) is 55.9 Å². The van der Waals surface area contributed by atoms with Crippen LogP contribution in [-0.4, -0.2) is 120 Å². The molecule has 1 aromatic heterocycles. The first-order valence-electron chi connectivity index (χ1n) is 13.2. The second kappa shape index (κ2) is 12.0. The lowest BCUT2D eigenvalue weighted by molar-refractivity contribution is -0.233. The van der Waals surface area contributed by atoms with Crippen molar-refractivity contribution >= 4 is 11.0 Å². The summed E-state index contributed by atoms with van der Waals surface area (Å²) in [6, 6.07) is 6.23. The van der Waals surface area contributed by atoms with Gasteiger partial charge >= 0.3 is 0 Å². The van der Waals surface area contributed by atoms with Crippen molar-refractivity contribution in [1.29, 1.82) is 0 Å². The number of aromatic hydroxyl groups is 2. The maximum atomic E-state index is 13.5.